The third kappa shape index (κ3) is 28.0. The Morgan fingerprint density at radius 2 is 1.02 bits per heavy atom. The molecule has 1 amide bonds. The van der Waals surface area contributed by atoms with Crippen LogP contribution in [0.1, 0.15) is 206 Å². The van der Waals surface area contributed by atoms with Gasteiger partial charge in [-0.15, -0.1) is 0 Å². The van der Waals surface area contributed by atoms with Crippen LogP contribution < -0.4 is 5.32 Å². The molecule has 0 spiro atoms. The first kappa shape index (κ1) is 55.6. The van der Waals surface area contributed by atoms with E-state index >= 15 is 0 Å². The number of aliphatic hydroxyl groups excluding tert-OH is 7. The molecule has 1 heterocycles. The second kappa shape index (κ2) is 38.3. The van der Waals surface area contributed by atoms with Gasteiger partial charge in [-0.1, -0.05) is 179 Å². The molecule has 0 aliphatic carbocycles. The number of carbonyl (C=O) groups is 1. The van der Waals surface area contributed by atoms with Crippen molar-refractivity contribution in [2.75, 3.05) is 13.2 Å². The van der Waals surface area contributed by atoms with Gasteiger partial charge >= 0.3 is 0 Å². The molecule has 0 bridgehead atoms. The lowest BCUT2D eigenvalue weighted by Crippen LogP contribution is -2.60. The third-order valence-electron chi connectivity index (χ3n) is 11.7. The highest BCUT2D eigenvalue weighted by Crippen LogP contribution is 2.23. The van der Waals surface area contributed by atoms with Crippen molar-refractivity contribution in [1.29, 1.82) is 0 Å². The summed E-state index contributed by atoms with van der Waals surface area (Å²) in [6.45, 7) is 3.39. The van der Waals surface area contributed by atoms with Crippen LogP contribution in [-0.4, -0.2) is 110 Å². The average molecular weight is 842 g/mol. The number of amides is 1. The Bertz CT molecular complexity index is 1010. The zero-order valence-corrected chi connectivity index (χ0v) is 37.5. The molecule has 1 rings (SSSR count). The molecule has 11 heteroatoms. The maximum Gasteiger partial charge on any atom is 0.249 e. The molecule has 1 aliphatic heterocycles. The quantitative estimate of drug-likeness (QED) is 0.0221. The maximum atomic E-state index is 13.0. The largest absolute Gasteiger partial charge is 0.394 e. The number of ether oxygens (including phenoxy) is 2. The average Bonchev–Trinajstić information content (AvgIpc) is 3.23. The highest BCUT2D eigenvalue weighted by molar-refractivity contribution is 5.80. The van der Waals surface area contributed by atoms with Gasteiger partial charge in [-0.25, -0.2) is 0 Å². The summed E-state index contributed by atoms with van der Waals surface area (Å²) >= 11 is 0. The third-order valence-corrected chi connectivity index (χ3v) is 11.7. The summed E-state index contributed by atoms with van der Waals surface area (Å²) in [4.78, 5) is 13.0. The highest BCUT2D eigenvalue weighted by Gasteiger charge is 2.44. The van der Waals surface area contributed by atoms with Crippen molar-refractivity contribution in [2.45, 2.75) is 262 Å². The predicted molar refractivity (Wildman–Crippen MR) is 238 cm³/mol. The zero-order chi connectivity index (χ0) is 43.4. The second-order valence-electron chi connectivity index (χ2n) is 17.2. The molecule has 8 N–H and O–H groups in total. The van der Waals surface area contributed by atoms with E-state index in [0.29, 0.717) is 19.3 Å². The van der Waals surface area contributed by atoms with Crippen LogP contribution in [0.15, 0.2) is 24.3 Å². The van der Waals surface area contributed by atoms with E-state index in [1.165, 1.54) is 122 Å². The topological polar surface area (TPSA) is 189 Å². The SMILES string of the molecule is CCCCCCCCCCCCCCCC/C=C/CC/C=C/CCCC(O)C(O)C(COC1OC(CO)C(O)C(O)C1O)NC(=O)C(O)CCCCCCCCCCC. The number of hydrogen-bond acceptors (Lipinski definition) is 10. The predicted octanol–water partition coefficient (Wildman–Crippen LogP) is 8.23. The van der Waals surface area contributed by atoms with E-state index in [2.05, 4.69) is 43.5 Å². The molecule has 9 atom stereocenters. The molecule has 0 saturated carbocycles. The summed E-state index contributed by atoms with van der Waals surface area (Å²) in [7, 11) is 0. The Kier molecular flexibility index (Phi) is 36.1. The van der Waals surface area contributed by atoms with Crippen molar-refractivity contribution in [2.24, 2.45) is 0 Å². The van der Waals surface area contributed by atoms with E-state index in [1.54, 1.807) is 0 Å². The molecule has 0 aromatic carbocycles. The van der Waals surface area contributed by atoms with Gasteiger partial charge in [0.2, 0.25) is 5.91 Å². The molecule has 348 valence electrons. The smallest absolute Gasteiger partial charge is 0.249 e. The molecule has 59 heavy (non-hydrogen) atoms. The molecule has 1 fully saturated rings. The Morgan fingerprint density at radius 3 is 1.51 bits per heavy atom. The number of aliphatic hydroxyl groups is 7. The normalized spacial score (nSPS) is 21.9. The summed E-state index contributed by atoms with van der Waals surface area (Å²) in [6.07, 6.45) is 31.1. The first-order valence-corrected chi connectivity index (χ1v) is 24.2. The van der Waals surface area contributed by atoms with Crippen molar-refractivity contribution in [1.82, 2.24) is 5.32 Å². The number of nitrogens with one attached hydrogen (secondary N) is 1. The summed E-state index contributed by atoms with van der Waals surface area (Å²) in [5.74, 6) is -0.713. The molecular formula is C48H91NO10. The van der Waals surface area contributed by atoms with Crippen LogP contribution in [0.5, 0.6) is 0 Å². The van der Waals surface area contributed by atoms with Crippen LogP contribution in [0.25, 0.3) is 0 Å². The first-order valence-electron chi connectivity index (χ1n) is 24.2. The minimum atomic E-state index is -1.67. The molecule has 11 nitrogen and oxygen atoms in total. The second-order valence-corrected chi connectivity index (χ2v) is 17.2. The van der Waals surface area contributed by atoms with Crippen molar-refractivity contribution in [3.8, 4) is 0 Å². The van der Waals surface area contributed by atoms with E-state index in [0.717, 1.165) is 38.5 Å². The van der Waals surface area contributed by atoms with Crippen molar-refractivity contribution in [3.63, 3.8) is 0 Å². The number of unbranched alkanes of at least 4 members (excludes halogenated alkanes) is 24. The molecule has 0 aromatic rings. The van der Waals surface area contributed by atoms with Crippen LogP contribution in [0.4, 0.5) is 0 Å². The minimum Gasteiger partial charge on any atom is -0.394 e. The fraction of sp³-hybridized carbons (Fsp3) is 0.896. The summed E-state index contributed by atoms with van der Waals surface area (Å²) < 4.78 is 11.1. The molecule has 0 aromatic heterocycles. The molecule has 1 saturated heterocycles. The number of rotatable bonds is 40. The van der Waals surface area contributed by atoms with Gasteiger partial charge in [0.25, 0.3) is 0 Å². The Balaban J connectivity index is 2.39. The lowest BCUT2D eigenvalue weighted by Gasteiger charge is -2.40. The van der Waals surface area contributed by atoms with E-state index in [1.807, 2.05) is 0 Å². The molecular weight excluding hydrogens is 751 g/mol. The summed E-state index contributed by atoms with van der Waals surface area (Å²) in [5, 5.41) is 75.5. The summed E-state index contributed by atoms with van der Waals surface area (Å²) in [5.41, 5.74) is 0. The standard InChI is InChI=1S/C48H91NO10/c1-3-5-7-9-11-13-14-15-16-17-18-19-20-21-22-23-24-25-26-28-29-31-33-35-40(51)43(53)39(38-58-48-46(56)45(55)44(54)42(37-50)59-48)49-47(57)41(52)36-34-32-30-27-12-10-8-6-4-2/h23-24,28-29,39-46,48,50-56H,3-22,25-27,30-38H2,1-2H3,(H,49,57)/b24-23+,29-28+. The van der Waals surface area contributed by atoms with E-state index in [9.17, 15) is 40.5 Å². The Morgan fingerprint density at radius 1 is 0.576 bits per heavy atom. The minimum absolute atomic E-state index is 0.248. The molecule has 9 unspecified atom stereocenters. The van der Waals surface area contributed by atoms with E-state index in [4.69, 9.17) is 9.47 Å². The fourth-order valence-corrected chi connectivity index (χ4v) is 7.69. The van der Waals surface area contributed by atoms with Gasteiger partial charge in [0.05, 0.1) is 25.4 Å². The lowest BCUT2D eigenvalue weighted by molar-refractivity contribution is -0.303. The van der Waals surface area contributed by atoms with Gasteiger partial charge in [-0.05, 0) is 51.4 Å². The molecule has 0 radical (unpaired) electrons. The Labute approximate surface area is 359 Å². The molecule has 1 aliphatic rings. The fourth-order valence-electron chi connectivity index (χ4n) is 7.69. The van der Waals surface area contributed by atoms with Crippen LogP contribution in [0.2, 0.25) is 0 Å². The van der Waals surface area contributed by atoms with Gasteiger partial charge in [0, 0.05) is 0 Å². The van der Waals surface area contributed by atoms with Gasteiger partial charge in [0.1, 0.15) is 36.6 Å². The number of allylic oxidation sites excluding steroid dienone is 4. The van der Waals surface area contributed by atoms with Crippen molar-refractivity contribution < 1.29 is 50.0 Å². The highest BCUT2D eigenvalue weighted by atomic mass is 16.7. The number of hydrogen-bond donors (Lipinski definition) is 8. The van der Waals surface area contributed by atoms with Gasteiger partial charge in [-0.3, -0.25) is 4.79 Å². The maximum absolute atomic E-state index is 13.0. The first-order chi connectivity index (χ1) is 28.7. The van der Waals surface area contributed by atoms with Crippen molar-refractivity contribution in [3.05, 3.63) is 24.3 Å². The van der Waals surface area contributed by atoms with Crippen LogP contribution in [-0.2, 0) is 14.3 Å². The van der Waals surface area contributed by atoms with Crippen LogP contribution >= 0.6 is 0 Å². The summed E-state index contributed by atoms with van der Waals surface area (Å²) in [6, 6.07) is -1.19. The monoisotopic (exact) mass is 842 g/mol. The van der Waals surface area contributed by atoms with Gasteiger partial charge in [-0.2, -0.15) is 0 Å². The van der Waals surface area contributed by atoms with E-state index < -0.39 is 74.2 Å². The Hall–Kier alpha value is -1.41. The zero-order valence-electron chi connectivity index (χ0n) is 37.5. The number of carbonyl (C=O) groups excluding carboxylic acids is 1. The van der Waals surface area contributed by atoms with Gasteiger partial charge in [0.15, 0.2) is 6.29 Å². The van der Waals surface area contributed by atoms with E-state index in [-0.39, 0.29) is 12.8 Å². The lowest BCUT2D eigenvalue weighted by atomic mass is 9.98. The van der Waals surface area contributed by atoms with Crippen molar-refractivity contribution >= 4 is 5.91 Å². The van der Waals surface area contributed by atoms with Crippen LogP contribution in [0, 0.1) is 0 Å². The van der Waals surface area contributed by atoms with Gasteiger partial charge < -0.3 is 50.5 Å². The van der Waals surface area contributed by atoms with Crippen LogP contribution in [0.3, 0.4) is 0 Å².